The molecule has 0 aliphatic heterocycles. The van der Waals surface area contributed by atoms with Crippen molar-refractivity contribution in [1.29, 1.82) is 0 Å². The number of aryl methyl sites for hydroxylation is 2. The first kappa shape index (κ1) is 30.9. The number of carboxylic acid groups (broad SMARTS) is 1. The lowest BCUT2D eigenvalue weighted by atomic mass is 9.95. The smallest absolute Gasteiger partial charge is 0.407 e. The van der Waals surface area contributed by atoms with Gasteiger partial charge in [-0.2, -0.15) is 4.98 Å². The molecule has 41 heavy (non-hydrogen) atoms. The van der Waals surface area contributed by atoms with E-state index in [1.165, 1.54) is 0 Å². The van der Waals surface area contributed by atoms with Crippen LogP contribution in [0.25, 0.3) is 0 Å². The Morgan fingerprint density at radius 2 is 1.71 bits per heavy atom. The molecule has 220 valence electrons. The number of benzene rings is 2. The number of hydrogen-bond acceptors (Lipinski definition) is 8. The van der Waals surface area contributed by atoms with Gasteiger partial charge < -0.3 is 35.4 Å². The number of hydrogen-bond donors (Lipinski definition) is 5. The molecule has 0 aliphatic carbocycles. The van der Waals surface area contributed by atoms with Crippen molar-refractivity contribution in [3.05, 3.63) is 76.4 Å². The Bertz CT molecular complexity index is 1330. The zero-order chi connectivity index (χ0) is 30.2. The Labute approximate surface area is 238 Å². The summed E-state index contributed by atoms with van der Waals surface area (Å²) in [6.45, 7) is 8.88. The van der Waals surface area contributed by atoms with Gasteiger partial charge in [0.15, 0.2) is 5.82 Å². The van der Waals surface area contributed by atoms with Crippen molar-refractivity contribution in [2.75, 3.05) is 6.54 Å². The molecule has 5 N–H and O–H groups in total. The Kier molecular flexibility index (Phi) is 10.3. The van der Waals surface area contributed by atoms with Gasteiger partial charge in [-0.1, -0.05) is 35.5 Å². The molecule has 1 unspecified atom stereocenters. The lowest BCUT2D eigenvalue weighted by molar-refractivity contribution is -0.124. The number of aromatic nitrogens is 2. The first-order valence-corrected chi connectivity index (χ1v) is 13.2. The van der Waals surface area contributed by atoms with Crippen LogP contribution in [0.5, 0.6) is 5.75 Å². The van der Waals surface area contributed by atoms with Crippen molar-refractivity contribution in [3.63, 3.8) is 0 Å². The van der Waals surface area contributed by atoms with E-state index in [0.717, 1.165) is 11.1 Å². The SMILES string of the molecule is Cc1cc(O)cc(C)c1CC(NC(=O)O)C(=O)N[C@@H](CCNC(=O)OC(C)(C)C)c1nc(Cc2ccccc2)no1. The summed E-state index contributed by atoms with van der Waals surface area (Å²) in [5, 5.41) is 31.1. The summed E-state index contributed by atoms with van der Waals surface area (Å²) in [6.07, 6.45) is -1.38. The van der Waals surface area contributed by atoms with Gasteiger partial charge in [-0.15, -0.1) is 0 Å². The standard InChI is InChI=1S/C29H37N5O7/c1-17-13-20(35)14-18(2)21(17)16-23(32-27(37)38)25(36)31-22(11-12-30-28(39)40-29(3,4)5)26-33-24(34-41-26)15-19-9-7-6-8-10-19/h6-10,13-14,22-23,32,35H,11-12,15-16H2,1-5H3,(H,30,39)(H,31,36)(H,37,38)/t22-,23?/m0/s1. The van der Waals surface area contributed by atoms with Crippen molar-refractivity contribution in [2.45, 2.75) is 71.6 Å². The molecule has 1 heterocycles. The minimum atomic E-state index is -1.37. The molecule has 3 amide bonds. The summed E-state index contributed by atoms with van der Waals surface area (Å²) in [4.78, 5) is 41.7. The summed E-state index contributed by atoms with van der Waals surface area (Å²) in [5.74, 6) is -0.0250. The molecule has 0 radical (unpaired) electrons. The summed E-state index contributed by atoms with van der Waals surface area (Å²) in [7, 11) is 0. The normalized spacial score (nSPS) is 12.7. The maximum atomic E-state index is 13.5. The van der Waals surface area contributed by atoms with Crippen LogP contribution in [0.1, 0.15) is 67.2 Å². The van der Waals surface area contributed by atoms with Crippen LogP contribution in [0, 0.1) is 13.8 Å². The van der Waals surface area contributed by atoms with Crippen LogP contribution in [0.4, 0.5) is 9.59 Å². The second-order valence-corrected chi connectivity index (χ2v) is 10.8. The molecule has 12 nitrogen and oxygen atoms in total. The van der Waals surface area contributed by atoms with Gasteiger partial charge in [0.1, 0.15) is 23.4 Å². The molecule has 0 fully saturated rings. The number of alkyl carbamates (subject to hydrolysis) is 1. The molecule has 0 bridgehead atoms. The average molecular weight is 568 g/mol. The van der Waals surface area contributed by atoms with Crippen LogP contribution in [0.15, 0.2) is 47.0 Å². The maximum absolute atomic E-state index is 13.5. The van der Waals surface area contributed by atoms with Crippen LogP contribution in [-0.4, -0.2) is 56.6 Å². The molecule has 12 heteroatoms. The van der Waals surface area contributed by atoms with E-state index in [0.29, 0.717) is 23.4 Å². The monoisotopic (exact) mass is 567 g/mol. The summed E-state index contributed by atoms with van der Waals surface area (Å²) in [5.41, 5.74) is 2.44. The predicted molar refractivity (Wildman–Crippen MR) is 150 cm³/mol. The van der Waals surface area contributed by atoms with Gasteiger partial charge >= 0.3 is 12.2 Å². The number of amides is 3. The topological polar surface area (TPSA) is 176 Å². The number of phenolic OH excluding ortho intramolecular Hbond substituents is 1. The Balaban J connectivity index is 1.81. The first-order valence-electron chi connectivity index (χ1n) is 13.2. The molecule has 1 aromatic heterocycles. The highest BCUT2D eigenvalue weighted by Crippen LogP contribution is 2.23. The van der Waals surface area contributed by atoms with E-state index < -0.39 is 35.8 Å². The Morgan fingerprint density at radius 1 is 1.05 bits per heavy atom. The van der Waals surface area contributed by atoms with Gasteiger partial charge in [0.2, 0.25) is 11.8 Å². The van der Waals surface area contributed by atoms with E-state index in [9.17, 15) is 24.6 Å². The van der Waals surface area contributed by atoms with Crippen molar-refractivity contribution >= 4 is 18.1 Å². The number of carbonyl (C=O) groups is 3. The molecule has 0 saturated heterocycles. The Morgan fingerprint density at radius 3 is 2.32 bits per heavy atom. The van der Waals surface area contributed by atoms with E-state index in [-0.39, 0.29) is 31.0 Å². The number of nitrogens with zero attached hydrogens (tertiary/aromatic N) is 2. The number of carbonyl (C=O) groups excluding carboxylic acids is 2. The number of phenols is 1. The quantitative estimate of drug-likeness (QED) is 0.230. The number of aromatic hydroxyl groups is 1. The fraction of sp³-hybridized carbons (Fsp3) is 0.414. The summed E-state index contributed by atoms with van der Waals surface area (Å²) in [6, 6.07) is 10.6. The highest BCUT2D eigenvalue weighted by Gasteiger charge is 2.28. The van der Waals surface area contributed by atoms with Crippen LogP contribution in [-0.2, 0) is 22.4 Å². The van der Waals surface area contributed by atoms with E-state index in [4.69, 9.17) is 9.26 Å². The highest BCUT2D eigenvalue weighted by atomic mass is 16.6. The van der Waals surface area contributed by atoms with Crippen molar-refractivity contribution in [1.82, 2.24) is 26.1 Å². The van der Waals surface area contributed by atoms with Gasteiger partial charge in [-0.3, -0.25) is 4.79 Å². The number of rotatable bonds is 11. The molecular weight excluding hydrogens is 530 g/mol. The third-order valence-corrected chi connectivity index (χ3v) is 6.11. The summed E-state index contributed by atoms with van der Waals surface area (Å²) >= 11 is 0. The van der Waals surface area contributed by atoms with Gasteiger partial charge in [0.05, 0.1) is 0 Å². The fourth-order valence-electron chi connectivity index (χ4n) is 4.28. The first-order chi connectivity index (χ1) is 19.3. The molecular formula is C29H37N5O7. The average Bonchev–Trinajstić information content (AvgIpc) is 3.32. The van der Waals surface area contributed by atoms with Gasteiger partial charge in [-0.05, 0) is 75.4 Å². The highest BCUT2D eigenvalue weighted by molar-refractivity contribution is 5.86. The second kappa shape index (κ2) is 13.6. The molecule has 2 aromatic carbocycles. The molecule has 3 aromatic rings. The number of nitrogens with one attached hydrogen (secondary N) is 3. The zero-order valence-corrected chi connectivity index (χ0v) is 23.9. The minimum Gasteiger partial charge on any atom is -0.508 e. The lowest BCUT2D eigenvalue weighted by Gasteiger charge is -2.23. The largest absolute Gasteiger partial charge is 0.508 e. The molecule has 0 aliphatic rings. The van der Waals surface area contributed by atoms with Crippen LogP contribution < -0.4 is 16.0 Å². The van der Waals surface area contributed by atoms with Crippen molar-refractivity contribution in [3.8, 4) is 5.75 Å². The van der Waals surface area contributed by atoms with Gasteiger partial charge in [-0.25, -0.2) is 9.59 Å². The molecule has 0 saturated carbocycles. The van der Waals surface area contributed by atoms with Crippen molar-refractivity contribution in [2.24, 2.45) is 0 Å². The summed E-state index contributed by atoms with van der Waals surface area (Å²) < 4.78 is 10.8. The second-order valence-electron chi connectivity index (χ2n) is 10.8. The van der Waals surface area contributed by atoms with E-state index in [1.807, 2.05) is 30.3 Å². The molecule has 0 spiro atoms. The number of ether oxygens (including phenoxy) is 1. The zero-order valence-electron chi connectivity index (χ0n) is 23.9. The van der Waals surface area contributed by atoms with Crippen LogP contribution in [0.2, 0.25) is 0 Å². The lowest BCUT2D eigenvalue weighted by Crippen LogP contribution is -2.49. The minimum absolute atomic E-state index is 0.0437. The van der Waals surface area contributed by atoms with E-state index >= 15 is 0 Å². The molecule has 3 rings (SSSR count). The van der Waals surface area contributed by atoms with E-state index in [1.54, 1.807) is 46.8 Å². The fourth-order valence-corrected chi connectivity index (χ4v) is 4.28. The maximum Gasteiger partial charge on any atom is 0.407 e. The van der Waals surface area contributed by atoms with E-state index in [2.05, 4.69) is 26.1 Å². The van der Waals surface area contributed by atoms with Crippen molar-refractivity contribution < 1.29 is 33.9 Å². The predicted octanol–water partition coefficient (Wildman–Crippen LogP) is 3.93. The molecule has 2 atom stereocenters. The third kappa shape index (κ3) is 9.82. The Hall–Kier alpha value is -4.61. The van der Waals surface area contributed by atoms with Crippen LogP contribution >= 0.6 is 0 Å². The third-order valence-electron chi connectivity index (χ3n) is 6.11. The van der Waals surface area contributed by atoms with Gasteiger partial charge in [0.25, 0.3) is 0 Å². The van der Waals surface area contributed by atoms with Crippen LogP contribution in [0.3, 0.4) is 0 Å². The van der Waals surface area contributed by atoms with Gasteiger partial charge in [0, 0.05) is 19.4 Å².